The Bertz CT molecular complexity index is 794. The molecule has 1 aliphatic rings. The largest absolute Gasteiger partial charge is 0.496 e. The number of halogens is 1. The molecule has 1 aliphatic heterocycles. The van der Waals surface area contributed by atoms with Crippen molar-refractivity contribution < 1.29 is 9.53 Å². The van der Waals surface area contributed by atoms with Crippen LogP contribution in [0.5, 0.6) is 5.75 Å². The molecule has 0 saturated heterocycles. The predicted octanol–water partition coefficient (Wildman–Crippen LogP) is 3.93. The van der Waals surface area contributed by atoms with Crippen molar-refractivity contribution in [3.63, 3.8) is 0 Å². The van der Waals surface area contributed by atoms with Crippen LogP contribution in [-0.2, 0) is 6.42 Å². The van der Waals surface area contributed by atoms with E-state index in [0.717, 1.165) is 29.5 Å². The van der Waals surface area contributed by atoms with Gasteiger partial charge in [0.25, 0.3) is 5.91 Å². The van der Waals surface area contributed by atoms with Crippen molar-refractivity contribution in [2.45, 2.75) is 12.8 Å². The van der Waals surface area contributed by atoms with Gasteiger partial charge in [-0.3, -0.25) is 10.1 Å². The van der Waals surface area contributed by atoms with E-state index in [0.29, 0.717) is 16.4 Å². The molecule has 0 aliphatic carbocycles. The van der Waals surface area contributed by atoms with Crippen LogP contribution in [0, 0.1) is 0 Å². The summed E-state index contributed by atoms with van der Waals surface area (Å²) in [5, 5.41) is 3.24. The van der Waals surface area contributed by atoms with Crippen molar-refractivity contribution in [2.75, 3.05) is 18.6 Å². The normalized spacial score (nSPS) is 13.2. The Kier molecular flexibility index (Phi) is 5.16. The summed E-state index contributed by atoms with van der Waals surface area (Å²) in [5.74, 6) is 0.235. The zero-order chi connectivity index (χ0) is 17.1. The topological polar surface area (TPSA) is 41.6 Å². The Morgan fingerprint density at radius 1 is 1.29 bits per heavy atom. The summed E-state index contributed by atoms with van der Waals surface area (Å²) in [4.78, 5) is 14.6. The maximum atomic E-state index is 12.6. The first-order valence-electron chi connectivity index (χ1n) is 7.64. The lowest BCUT2D eigenvalue weighted by atomic mass is 10.0. The van der Waals surface area contributed by atoms with E-state index in [1.165, 1.54) is 5.56 Å². The number of nitrogens with one attached hydrogen (secondary N) is 1. The molecular weight excluding hydrogens is 388 g/mol. The van der Waals surface area contributed by atoms with Gasteiger partial charge in [0.05, 0.1) is 12.7 Å². The van der Waals surface area contributed by atoms with Crippen LogP contribution in [0.3, 0.4) is 0 Å². The van der Waals surface area contributed by atoms with E-state index in [1.807, 2.05) is 29.2 Å². The molecule has 0 radical (unpaired) electrons. The molecule has 0 bridgehead atoms. The molecule has 3 rings (SSSR count). The highest BCUT2D eigenvalue weighted by Gasteiger charge is 2.22. The Labute approximate surface area is 154 Å². The van der Waals surface area contributed by atoms with Gasteiger partial charge in [-0.05, 0) is 54.9 Å². The third-order valence-electron chi connectivity index (χ3n) is 3.98. The monoisotopic (exact) mass is 404 g/mol. The van der Waals surface area contributed by atoms with Gasteiger partial charge in [0, 0.05) is 16.7 Å². The van der Waals surface area contributed by atoms with Gasteiger partial charge in [-0.25, -0.2) is 0 Å². The zero-order valence-corrected chi connectivity index (χ0v) is 15.6. The maximum absolute atomic E-state index is 12.6. The van der Waals surface area contributed by atoms with Crippen LogP contribution >= 0.6 is 28.1 Å². The van der Waals surface area contributed by atoms with Crippen molar-refractivity contribution >= 4 is 44.9 Å². The second-order valence-electron chi connectivity index (χ2n) is 5.49. The third-order valence-corrected chi connectivity index (χ3v) is 4.80. The van der Waals surface area contributed by atoms with Crippen LogP contribution in [0.1, 0.15) is 22.3 Å². The molecule has 0 fully saturated rings. The standard InChI is InChI=1S/C18H17BrN2O2S/c1-23-16-9-8-13(19)11-14(16)17(22)20-18(24)21-10-4-6-12-5-2-3-7-15(12)21/h2-3,5,7-9,11H,4,6,10H2,1H3,(H,20,22,24). The van der Waals surface area contributed by atoms with Gasteiger partial charge < -0.3 is 9.64 Å². The first-order chi connectivity index (χ1) is 11.6. The molecule has 0 spiro atoms. The first kappa shape index (κ1) is 16.9. The van der Waals surface area contributed by atoms with Crippen molar-refractivity contribution in [1.29, 1.82) is 0 Å². The number of anilines is 1. The lowest BCUT2D eigenvalue weighted by molar-refractivity contribution is 0.0974. The molecule has 4 nitrogen and oxygen atoms in total. The molecular formula is C18H17BrN2O2S. The van der Waals surface area contributed by atoms with E-state index in [4.69, 9.17) is 17.0 Å². The molecule has 124 valence electrons. The Hall–Kier alpha value is -1.92. The lowest BCUT2D eigenvalue weighted by Crippen LogP contribution is -2.45. The number of benzene rings is 2. The molecule has 1 amide bonds. The van der Waals surface area contributed by atoms with Gasteiger partial charge in [0.2, 0.25) is 0 Å². The van der Waals surface area contributed by atoms with Gasteiger partial charge in [-0.1, -0.05) is 34.1 Å². The lowest BCUT2D eigenvalue weighted by Gasteiger charge is -2.31. The van der Waals surface area contributed by atoms with Gasteiger partial charge >= 0.3 is 0 Å². The molecule has 0 aromatic heterocycles. The Morgan fingerprint density at radius 3 is 2.88 bits per heavy atom. The van der Waals surface area contributed by atoms with Crippen LogP contribution in [-0.4, -0.2) is 24.7 Å². The number of carbonyl (C=O) groups is 1. The number of nitrogens with zero attached hydrogens (tertiary/aromatic N) is 1. The minimum atomic E-state index is -0.277. The van der Waals surface area contributed by atoms with Gasteiger partial charge in [0.15, 0.2) is 5.11 Å². The van der Waals surface area contributed by atoms with E-state index < -0.39 is 0 Å². The average Bonchev–Trinajstić information content (AvgIpc) is 2.61. The fourth-order valence-corrected chi connectivity index (χ4v) is 3.48. The summed E-state index contributed by atoms with van der Waals surface area (Å²) in [7, 11) is 1.54. The summed E-state index contributed by atoms with van der Waals surface area (Å²) >= 11 is 8.86. The van der Waals surface area contributed by atoms with E-state index in [-0.39, 0.29) is 5.91 Å². The number of ether oxygens (including phenoxy) is 1. The fourth-order valence-electron chi connectivity index (χ4n) is 2.83. The van der Waals surface area contributed by atoms with E-state index >= 15 is 0 Å². The van der Waals surface area contributed by atoms with Crippen LogP contribution in [0.4, 0.5) is 5.69 Å². The van der Waals surface area contributed by atoms with Crippen LogP contribution < -0.4 is 15.0 Å². The molecule has 6 heteroatoms. The average molecular weight is 405 g/mol. The molecule has 0 atom stereocenters. The maximum Gasteiger partial charge on any atom is 0.261 e. The van der Waals surface area contributed by atoms with Crippen LogP contribution in [0.25, 0.3) is 0 Å². The van der Waals surface area contributed by atoms with Crippen LogP contribution in [0.2, 0.25) is 0 Å². The molecule has 0 saturated carbocycles. The summed E-state index contributed by atoms with van der Waals surface area (Å²) in [5.41, 5.74) is 2.76. The predicted molar refractivity (Wildman–Crippen MR) is 103 cm³/mol. The SMILES string of the molecule is COc1ccc(Br)cc1C(=O)NC(=S)N1CCCc2ccccc21. The number of rotatable bonds is 2. The molecule has 1 N–H and O–H groups in total. The number of para-hydroxylation sites is 1. The number of amides is 1. The van der Waals surface area contributed by atoms with Crippen molar-refractivity contribution in [3.8, 4) is 5.75 Å². The number of carbonyl (C=O) groups excluding carboxylic acids is 1. The highest BCUT2D eigenvalue weighted by atomic mass is 79.9. The van der Waals surface area contributed by atoms with E-state index in [1.54, 1.807) is 19.2 Å². The van der Waals surface area contributed by atoms with Crippen LogP contribution in [0.15, 0.2) is 46.9 Å². The highest BCUT2D eigenvalue weighted by molar-refractivity contribution is 9.10. The van der Waals surface area contributed by atoms with Crippen molar-refractivity contribution in [3.05, 3.63) is 58.1 Å². The van der Waals surface area contributed by atoms with E-state index in [2.05, 4.69) is 27.3 Å². The van der Waals surface area contributed by atoms with Crippen molar-refractivity contribution in [1.82, 2.24) is 5.32 Å². The third kappa shape index (κ3) is 3.44. The molecule has 2 aromatic rings. The zero-order valence-electron chi connectivity index (χ0n) is 13.2. The second-order valence-corrected chi connectivity index (χ2v) is 6.79. The van der Waals surface area contributed by atoms with Gasteiger partial charge in [-0.2, -0.15) is 0 Å². The quantitative estimate of drug-likeness (QED) is 0.769. The van der Waals surface area contributed by atoms with Gasteiger partial charge in [0.1, 0.15) is 5.75 Å². The second kappa shape index (κ2) is 7.32. The Balaban J connectivity index is 1.81. The number of hydrogen-bond donors (Lipinski definition) is 1. The number of fused-ring (bicyclic) bond motifs is 1. The smallest absolute Gasteiger partial charge is 0.261 e. The molecule has 1 heterocycles. The summed E-state index contributed by atoms with van der Waals surface area (Å²) in [6, 6.07) is 13.4. The molecule has 24 heavy (non-hydrogen) atoms. The van der Waals surface area contributed by atoms with E-state index in [9.17, 15) is 4.79 Å². The first-order valence-corrected chi connectivity index (χ1v) is 8.84. The number of hydrogen-bond acceptors (Lipinski definition) is 3. The minimum Gasteiger partial charge on any atom is -0.496 e. The van der Waals surface area contributed by atoms with Crippen molar-refractivity contribution in [2.24, 2.45) is 0 Å². The summed E-state index contributed by atoms with van der Waals surface area (Å²) in [6.07, 6.45) is 2.04. The summed E-state index contributed by atoms with van der Waals surface area (Å²) < 4.78 is 6.07. The highest BCUT2D eigenvalue weighted by Crippen LogP contribution is 2.27. The minimum absolute atomic E-state index is 0.277. The Morgan fingerprint density at radius 2 is 2.08 bits per heavy atom. The fraction of sp³-hybridized carbons (Fsp3) is 0.222. The van der Waals surface area contributed by atoms with Gasteiger partial charge in [-0.15, -0.1) is 0 Å². The molecule has 0 unspecified atom stereocenters. The number of methoxy groups -OCH3 is 1. The number of aryl methyl sites for hydroxylation is 1. The number of thiocarbonyl (C=S) groups is 1. The summed E-state index contributed by atoms with van der Waals surface area (Å²) in [6.45, 7) is 0.797. The molecule has 2 aromatic carbocycles.